The van der Waals surface area contributed by atoms with Crippen molar-refractivity contribution in [2.45, 2.75) is 44.7 Å². The molecule has 22 heavy (non-hydrogen) atoms. The van der Waals surface area contributed by atoms with E-state index in [2.05, 4.69) is 27.8 Å². The molecule has 122 valence electrons. The average Bonchev–Trinajstić information content (AvgIpc) is 2.85. The van der Waals surface area contributed by atoms with Crippen LogP contribution in [0.1, 0.15) is 31.9 Å². The molecule has 0 spiro atoms. The Morgan fingerprint density at radius 1 is 1.36 bits per heavy atom. The molecule has 3 rings (SSSR count). The van der Waals surface area contributed by atoms with Crippen molar-refractivity contribution >= 4 is 6.03 Å². The minimum absolute atomic E-state index is 0.0927. The Balaban J connectivity index is 1.37. The molecule has 0 aliphatic carbocycles. The Morgan fingerprint density at radius 2 is 2.18 bits per heavy atom. The number of carbonyl (C=O) groups excluding carboxylic acids is 1. The number of nitrogens with one attached hydrogen (secondary N) is 1. The van der Waals surface area contributed by atoms with Gasteiger partial charge in [0, 0.05) is 57.1 Å². The molecule has 1 aromatic heterocycles. The first-order valence-corrected chi connectivity index (χ1v) is 8.54. The molecule has 1 unspecified atom stereocenters. The molecule has 2 fully saturated rings. The fourth-order valence-electron chi connectivity index (χ4n) is 3.66. The third-order valence-electron chi connectivity index (χ3n) is 5.18. The summed E-state index contributed by atoms with van der Waals surface area (Å²) in [4.78, 5) is 16.7. The van der Waals surface area contributed by atoms with Crippen LogP contribution in [0, 0.1) is 0 Å². The van der Waals surface area contributed by atoms with Crippen LogP contribution in [-0.2, 0) is 13.5 Å². The average molecular weight is 304 g/mol. The summed E-state index contributed by atoms with van der Waals surface area (Å²) in [5.41, 5.74) is 1.25. The van der Waals surface area contributed by atoms with Gasteiger partial charge in [0.15, 0.2) is 0 Å². The first-order valence-electron chi connectivity index (χ1n) is 8.54. The standard InChI is InChI=1S/C17H28N4O/c1-14-6-3-4-11-21(14)16-12-20(13-16)17(22)18-9-8-15-7-5-10-19(15)2/h5,7,10,14,16H,3-4,6,8-9,11-13H2,1-2H3,(H,18,22). The van der Waals surface area contributed by atoms with Gasteiger partial charge in [-0.3, -0.25) is 4.90 Å². The van der Waals surface area contributed by atoms with E-state index in [1.807, 2.05) is 24.2 Å². The largest absolute Gasteiger partial charge is 0.354 e. The number of piperidine rings is 1. The molecule has 1 atom stereocenters. The quantitative estimate of drug-likeness (QED) is 0.922. The predicted octanol–water partition coefficient (Wildman–Crippen LogP) is 1.84. The van der Waals surface area contributed by atoms with Gasteiger partial charge in [-0.05, 0) is 38.4 Å². The van der Waals surface area contributed by atoms with Crippen LogP contribution in [-0.4, -0.2) is 58.7 Å². The lowest BCUT2D eigenvalue weighted by atomic mass is 9.98. The SMILES string of the molecule is CC1CCCCN1C1CN(C(=O)NCCc2cccn2C)C1. The van der Waals surface area contributed by atoms with Crippen molar-refractivity contribution in [3.05, 3.63) is 24.0 Å². The van der Waals surface area contributed by atoms with Gasteiger partial charge < -0.3 is 14.8 Å². The number of aryl methyl sites for hydroxylation is 1. The van der Waals surface area contributed by atoms with E-state index in [0.29, 0.717) is 18.6 Å². The molecule has 0 radical (unpaired) electrons. The monoisotopic (exact) mass is 304 g/mol. The zero-order valence-electron chi connectivity index (χ0n) is 13.8. The summed E-state index contributed by atoms with van der Waals surface area (Å²) in [7, 11) is 2.04. The van der Waals surface area contributed by atoms with Crippen molar-refractivity contribution in [2.24, 2.45) is 7.05 Å². The predicted molar refractivity (Wildman–Crippen MR) is 87.9 cm³/mol. The van der Waals surface area contributed by atoms with Crippen LogP contribution in [0.15, 0.2) is 18.3 Å². The van der Waals surface area contributed by atoms with Gasteiger partial charge in [0.2, 0.25) is 0 Å². The minimum atomic E-state index is 0.0927. The second-order valence-electron chi connectivity index (χ2n) is 6.73. The van der Waals surface area contributed by atoms with Gasteiger partial charge in [-0.2, -0.15) is 0 Å². The molecule has 5 nitrogen and oxygen atoms in total. The fraction of sp³-hybridized carbons (Fsp3) is 0.706. The first-order chi connectivity index (χ1) is 10.6. The highest BCUT2D eigenvalue weighted by Crippen LogP contribution is 2.24. The number of hydrogen-bond donors (Lipinski definition) is 1. The van der Waals surface area contributed by atoms with E-state index in [-0.39, 0.29) is 6.03 Å². The summed E-state index contributed by atoms with van der Waals surface area (Å²) in [6, 6.07) is 5.49. The van der Waals surface area contributed by atoms with Gasteiger partial charge in [0.05, 0.1) is 0 Å². The number of rotatable bonds is 4. The molecule has 1 aromatic rings. The Kier molecular flexibility index (Phi) is 4.71. The Morgan fingerprint density at radius 3 is 2.86 bits per heavy atom. The van der Waals surface area contributed by atoms with E-state index in [1.54, 1.807) is 0 Å². The molecule has 3 heterocycles. The van der Waals surface area contributed by atoms with E-state index >= 15 is 0 Å². The van der Waals surface area contributed by atoms with E-state index in [9.17, 15) is 4.79 Å². The number of amides is 2. The number of aromatic nitrogens is 1. The summed E-state index contributed by atoms with van der Waals surface area (Å²) < 4.78 is 2.10. The molecular formula is C17H28N4O. The molecule has 2 aliphatic heterocycles. The summed E-state index contributed by atoms with van der Waals surface area (Å²) in [6.45, 7) is 6.01. The second kappa shape index (κ2) is 6.73. The number of hydrogen-bond acceptors (Lipinski definition) is 2. The second-order valence-corrected chi connectivity index (χ2v) is 6.73. The molecule has 0 bridgehead atoms. The van der Waals surface area contributed by atoms with Crippen LogP contribution in [0.25, 0.3) is 0 Å². The molecule has 2 aliphatic rings. The molecule has 0 saturated carbocycles. The summed E-state index contributed by atoms with van der Waals surface area (Å²) in [6.07, 6.45) is 6.89. The van der Waals surface area contributed by atoms with Gasteiger partial charge >= 0.3 is 6.03 Å². The Hall–Kier alpha value is -1.49. The lowest BCUT2D eigenvalue weighted by Crippen LogP contribution is -2.65. The maximum absolute atomic E-state index is 12.1. The van der Waals surface area contributed by atoms with E-state index in [4.69, 9.17) is 0 Å². The van der Waals surface area contributed by atoms with Crippen LogP contribution in [0.3, 0.4) is 0 Å². The van der Waals surface area contributed by atoms with Crippen LogP contribution in [0.2, 0.25) is 0 Å². The zero-order chi connectivity index (χ0) is 15.5. The number of likely N-dealkylation sites (tertiary alicyclic amines) is 2. The molecule has 2 amide bonds. The van der Waals surface area contributed by atoms with Crippen LogP contribution in [0.4, 0.5) is 4.79 Å². The lowest BCUT2D eigenvalue weighted by Gasteiger charge is -2.49. The smallest absolute Gasteiger partial charge is 0.317 e. The maximum Gasteiger partial charge on any atom is 0.317 e. The van der Waals surface area contributed by atoms with Crippen molar-refractivity contribution in [3.63, 3.8) is 0 Å². The Bertz CT molecular complexity index is 507. The van der Waals surface area contributed by atoms with Crippen molar-refractivity contribution in [1.29, 1.82) is 0 Å². The third-order valence-corrected chi connectivity index (χ3v) is 5.18. The topological polar surface area (TPSA) is 40.5 Å². The van der Waals surface area contributed by atoms with Gasteiger partial charge in [0.1, 0.15) is 0 Å². The van der Waals surface area contributed by atoms with Crippen molar-refractivity contribution in [3.8, 4) is 0 Å². The molecular weight excluding hydrogens is 276 g/mol. The van der Waals surface area contributed by atoms with Crippen LogP contribution >= 0.6 is 0 Å². The van der Waals surface area contributed by atoms with E-state index in [1.165, 1.54) is 31.5 Å². The van der Waals surface area contributed by atoms with Gasteiger partial charge in [-0.25, -0.2) is 4.79 Å². The minimum Gasteiger partial charge on any atom is -0.354 e. The fourth-order valence-corrected chi connectivity index (χ4v) is 3.66. The van der Waals surface area contributed by atoms with Crippen molar-refractivity contribution < 1.29 is 4.79 Å². The van der Waals surface area contributed by atoms with Crippen LogP contribution < -0.4 is 5.32 Å². The molecule has 0 aromatic carbocycles. The van der Waals surface area contributed by atoms with Gasteiger partial charge in [0.25, 0.3) is 0 Å². The number of carbonyl (C=O) groups is 1. The van der Waals surface area contributed by atoms with E-state index in [0.717, 1.165) is 19.5 Å². The third kappa shape index (κ3) is 3.29. The van der Waals surface area contributed by atoms with Crippen molar-refractivity contribution in [2.75, 3.05) is 26.2 Å². The molecule has 1 N–H and O–H groups in total. The first kappa shape index (κ1) is 15.4. The summed E-state index contributed by atoms with van der Waals surface area (Å²) in [5.74, 6) is 0. The van der Waals surface area contributed by atoms with Crippen LogP contribution in [0.5, 0.6) is 0 Å². The molecule has 2 saturated heterocycles. The number of urea groups is 1. The lowest BCUT2D eigenvalue weighted by molar-refractivity contribution is 0.0170. The van der Waals surface area contributed by atoms with Crippen molar-refractivity contribution in [1.82, 2.24) is 19.7 Å². The highest BCUT2D eigenvalue weighted by Gasteiger charge is 2.37. The number of nitrogens with zero attached hydrogens (tertiary/aromatic N) is 3. The summed E-state index contributed by atoms with van der Waals surface area (Å²) in [5, 5.41) is 3.04. The highest BCUT2D eigenvalue weighted by atomic mass is 16.2. The van der Waals surface area contributed by atoms with Gasteiger partial charge in [-0.1, -0.05) is 6.42 Å². The van der Waals surface area contributed by atoms with E-state index < -0.39 is 0 Å². The van der Waals surface area contributed by atoms with Gasteiger partial charge in [-0.15, -0.1) is 0 Å². The summed E-state index contributed by atoms with van der Waals surface area (Å²) >= 11 is 0. The zero-order valence-corrected chi connectivity index (χ0v) is 13.8. The molecule has 5 heteroatoms. The normalized spacial score (nSPS) is 23.4. The Labute approximate surface area is 133 Å². The highest BCUT2D eigenvalue weighted by molar-refractivity contribution is 5.75. The maximum atomic E-state index is 12.1.